The van der Waals surface area contributed by atoms with Crippen LogP contribution in [0.2, 0.25) is 0 Å². The van der Waals surface area contributed by atoms with Crippen molar-refractivity contribution in [2.24, 2.45) is 0 Å². The number of nitrogens with zero attached hydrogens (tertiary/aromatic N) is 1. The Morgan fingerprint density at radius 1 is 1.04 bits per heavy atom. The number of amides is 1. The number of methoxy groups -OCH3 is 1. The van der Waals surface area contributed by atoms with Gasteiger partial charge in [-0.05, 0) is 36.8 Å². The van der Waals surface area contributed by atoms with Crippen molar-refractivity contribution in [2.45, 2.75) is 19.9 Å². The van der Waals surface area contributed by atoms with Gasteiger partial charge in [-0.25, -0.2) is 4.39 Å². The maximum atomic E-state index is 13.1. The SMILES string of the molecule is CCOC(=O)CCN(Cc1ccc(F)cc1)C(=O)COc1ccccc1OC. The summed E-state index contributed by atoms with van der Waals surface area (Å²) in [6.45, 7) is 2.19. The Morgan fingerprint density at radius 3 is 2.36 bits per heavy atom. The van der Waals surface area contributed by atoms with E-state index in [9.17, 15) is 14.0 Å². The van der Waals surface area contributed by atoms with Crippen molar-refractivity contribution < 1.29 is 28.2 Å². The average molecular weight is 389 g/mol. The second kappa shape index (κ2) is 10.9. The standard InChI is InChI=1S/C21H24FNO5/c1-3-27-21(25)12-13-23(14-16-8-10-17(22)11-9-16)20(24)15-28-19-7-5-4-6-18(19)26-2/h4-11H,3,12-15H2,1-2H3. The third-order valence-corrected chi connectivity index (χ3v) is 3.95. The van der Waals surface area contributed by atoms with Crippen molar-refractivity contribution in [3.63, 3.8) is 0 Å². The molecule has 0 saturated heterocycles. The van der Waals surface area contributed by atoms with E-state index in [-0.39, 0.29) is 50.4 Å². The second-order valence-electron chi connectivity index (χ2n) is 5.94. The van der Waals surface area contributed by atoms with Crippen molar-refractivity contribution >= 4 is 11.9 Å². The maximum absolute atomic E-state index is 13.1. The smallest absolute Gasteiger partial charge is 0.307 e. The van der Waals surface area contributed by atoms with E-state index in [4.69, 9.17) is 14.2 Å². The number of para-hydroxylation sites is 2. The molecule has 0 bridgehead atoms. The molecule has 0 N–H and O–H groups in total. The molecule has 2 aromatic rings. The van der Waals surface area contributed by atoms with Crippen LogP contribution in [0.15, 0.2) is 48.5 Å². The quantitative estimate of drug-likeness (QED) is 0.584. The zero-order valence-corrected chi connectivity index (χ0v) is 16.0. The largest absolute Gasteiger partial charge is 0.493 e. The second-order valence-corrected chi connectivity index (χ2v) is 5.94. The summed E-state index contributed by atoms with van der Waals surface area (Å²) in [5, 5.41) is 0. The molecular weight excluding hydrogens is 365 g/mol. The molecule has 28 heavy (non-hydrogen) atoms. The van der Waals surface area contributed by atoms with Gasteiger partial charge in [-0.3, -0.25) is 9.59 Å². The van der Waals surface area contributed by atoms with E-state index in [1.54, 1.807) is 43.3 Å². The summed E-state index contributed by atoms with van der Waals surface area (Å²) < 4.78 is 28.8. The molecule has 0 spiro atoms. The molecule has 0 aliphatic carbocycles. The molecule has 1 amide bonds. The Bertz CT molecular complexity index is 779. The van der Waals surface area contributed by atoms with Gasteiger partial charge in [0, 0.05) is 13.1 Å². The fourth-order valence-corrected chi connectivity index (χ4v) is 2.53. The van der Waals surface area contributed by atoms with E-state index < -0.39 is 0 Å². The average Bonchev–Trinajstić information content (AvgIpc) is 2.71. The van der Waals surface area contributed by atoms with E-state index in [0.29, 0.717) is 11.5 Å². The van der Waals surface area contributed by atoms with Crippen molar-refractivity contribution in [2.75, 3.05) is 26.9 Å². The van der Waals surface area contributed by atoms with Gasteiger partial charge in [0.2, 0.25) is 0 Å². The monoisotopic (exact) mass is 389 g/mol. The van der Waals surface area contributed by atoms with Crippen molar-refractivity contribution in [1.29, 1.82) is 0 Å². The predicted octanol–water partition coefficient (Wildman–Crippen LogP) is 3.20. The molecule has 2 rings (SSSR count). The first kappa shape index (κ1) is 21.2. The molecule has 0 atom stereocenters. The van der Waals surface area contributed by atoms with Crippen LogP contribution in [-0.4, -0.2) is 43.6 Å². The first-order valence-corrected chi connectivity index (χ1v) is 8.97. The Balaban J connectivity index is 2.04. The molecule has 0 saturated carbocycles. The fourth-order valence-electron chi connectivity index (χ4n) is 2.53. The lowest BCUT2D eigenvalue weighted by Gasteiger charge is -2.23. The van der Waals surface area contributed by atoms with Crippen LogP contribution in [0.25, 0.3) is 0 Å². The van der Waals surface area contributed by atoms with E-state index >= 15 is 0 Å². The normalized spacial score (nSPS) is 10.2. The Labute approximate surface area is 163 Å². The predicted molar refractivity (Wildman–Crippen MR) is 102 cm³/mol. The number of benzene rings is 2. The molecule has 7 heteroatoms. The van der Waals surface area contributed by atoms with E-state index in [0.717, 1.165) is 5.56 Å². The van der Waals surface area contributed by atoms with Gasteiger partial charge in [0.05, 0.1) is 20.1 Å². The molecule has 0 fully saturated rings. The van der Waals surface area contributed by atoms with Crippen molar-refractivity contribution in [3.8, 4) is 11.5 Å². The highest BCUT2D eigenvalue weighted by Gasteiger charge is 2.17. The summed E-state index contributed by atoms with van der Waals surface area (Å²) >= 11 is 0. The number of rotatable bonds is 10. The molecule has 0 aliphatic rings. The van der Waals surface area contributed by atoms with Gasteiger partial charge in [-0.2, -0.15) is 0 Å². The Kier molecular flexibility index (Phi) is 8.27. The van der Waals surface area contributed by atoms with Crippen LogP contribution >= 0.6 is 0 Å². The molecule has 0 unspecified atom stereocenters. The zero-order valence-electron chi connectivity index (χ0n) is 16.0. The molecule has 6 nitrogen and oxygen atoms in total. The third kappa shape index (κ3) is 6.57. The van der Waals surface area contributed by atoms with E-state index in [2.05, 4.69) is 0 Å². The van der Waals surface area contributed by atoms with Crippen LogP contribution in [-0.2, 0) is 20.9 Å². The topological polar surface area (TPSA) is 65.1 Å². The number of esters is 1. The van der Waals surface area contributed by atoms with Gasteiger partial charge in [-0.1, -0.05) is 24.3 Å². The summed E-state index contributed by atoms with van der Waals surface area (Å²) in [5.41, 5.74) is 0.746. The Morgan fingerprint density at radius 2 is 1.71 bits per heavy atom. The molecule has 0 aliphatic heterocycles. The number of hydrogen-bond donors (Lipinski definition) is 0. The number of carbonyl (C=O) groups excluding carboxylic acids is 2. The number of hydrogen-bond acceptors (Lipinski definition) is 5. The summed E-state index contributed by atoms with van der Waals surface area (Å²) in [7, 11) is 1.52. The van der Waals surface area contributed by atoms with Crippen LogP contribution < -0.4 is 9.47 Å². The van der Waals surface area contributed by atoms with Gasteiger partial charge in [0.1, 0.15) is 5.82 Å². The fraction of sp³-hybridized carbons (Fsp3) is 0.333. The Hall–Kier alpha value is -3.09. The van der Waals surface area contributed by atoms with Crippen molar-refractivity contribution in [1.82, 2.24) is 4.90 Å². The van der Waals surface area contributed by atoms with Gasteiger partial charge < -0.3 is 19.1 Å². The van der Waals surface area contributed by atoms with E-state index in [1.165, 1.54) is 24.1 Å². The molecule has 150 valence electrons. The van der Waals surface area contributed by atoms with E-state index in [1.807, 2.05) is 0 Å². The van der Waals surface area contributed by atoms with Crippen LogP contribution in [0, 0.1) is 5.82 Å². The summed E-state index contributed by atoms with van der Waals surface area (Å²) in [4.78, 5) is 25.8. The highest BCUT2D eigenvalue weighted by atomic mass is 19.1. The minimum atomic E-state index is -0.384. The summed E-state index contributed by atoms with van der Waals surface area (Å²) in [5.74, 6) is -0.0744. The minimum absolute atomic E-state index is 0.0649. The minimum Gasteiger partial charge on any atom is -0.493 e. The van der Waals surface area contributed by atoms with Crippen LogP contribution in [0.3, 0.4) is 0 Å². The highest BCUT2D eigenvalue weighted by molar-refractivity contribution is 5.78. The van der Waals surface area contributed by atoms with Gasteiger partial charge >= 0.3 is 5.97 Å². The lowest BCUT2D eigenvalue weighted by atomic mass is 10.2. The van der Waals surface area contributed by atoms with Gasteiger partial charge in [0.15, 0.2) is 18.1 Å². The van der Waals surface area contributed by atoms with Crippen molar-refractivity contribution in [3.05, 3.63) is 59.9 Å². The van der Waals surface area contributed by atoms with Crippen LogP contribution in [0.4, 0.5) is 4.39 Å². The highest BCUT2D eigenvalue weighted by Crippen LogP contribution is 2.25. The number of carbonyl (C=O) groups is 2. The first-order valence-electron chi connectivity index (χ1n) is 8.97. The molecule has 2 aromatic carbocycles. The molecular formula is C21H24FNO5. The summed E-state index contributed by atoms with van der Waals surface area (Å²) in [6.07, 6.45) is 0.0649. The summed E-state index contributed by atoms with van der Waals surface area (Å²) in [6, 6.07) is 12.9. The van der Waals surface area contributed by atoms with Crippen LogP contribution in [0.1, 0.15) is 18.9 Å². The number of halogens is 1. The molecule has 0 radical (unpaired) electrons. The lowest BCUT2D eigenvalue weighted by molar-refractivity contribution is -0.144. The lowest BCUT2D eigenvalue weighted by Crippen LogP contribution is -2.36. The molecule has 0 heterocycles. The van der Waals surface area contributed by atoms with Crippen LogP contribution in [0.5, 0.6) is 11.5 Å². The van der Waals surface area contributed by atoms with Gasteiger partial charge in [0.25, 0.3) is 5.91 Å². The third-order valence-electron chi connectivity index (χ3n) is 3.95. The number of ether oxygens (including phenoxy) is 3. The maximum Gasteiger partial charge on any atom is 0.307 e. The van der Waals surface area contributed by atoms with Gasteiger partial charge in [-0.15, -0.1) is 0 Å². The molecule has 0 aromatic heterocycles. The zero-order chi connectivity index (χ0) is 20.4. The first-order chi connectivity index (χ1) is 13.5.